The summed E-state index contributed by atoms with van der Waals surface area (Å²) in [6.45, 7) is 0.708. The molecule has 2 N–H and O–H groups in total. The van der Waals surface area contributed by atoms with Crippen LogP contribution in [0, 0.1) is 0 Å². The van der Waals surface area contributed by atoms with Gasteiger partial charge in [-0.3, -0.25) is 0 Å². The first kappa shape index (κ1) is 11.4. The van der Waals surface area contributed by atoms with E-state index in [-0.39, 0.29) is 0 Å². The minimum atomic E-state index is -3.15. The second-order valence-electron chi connectivity index (χ2n) is 3.97. The number of hydrogen-bond acceptors (Lipinski definition) is 3. The summed E-state index contributed by atoms with van der Waals surface area (Å²) in [6.07, 6.45) is 4.67. The molecule has 0 unspecified atom stereocenters. The first-order valence-electron chi connectivity index (χ1n) is 5.40. The molecule has 0 radical (unpaired) electrons. The van der Waals surface area contributed by atoms with Crippen LogP contribution < -0.4 is 5.73 Å². The minimum absolute atomic E-state index is 0.426. The van der Waals surface area contributed by atoms with Gasteiger partial charge in [0.25, 0.3) is 0 Å². The third-order valence-electron chi connectivity index (χ3n) is 2.73. The predicted molar refractivity (Wildman–Crippen MR) is 64.7 cm³/mol. The van der Waals surface area contributed by atoms with Gasteiger partial charge < -0.3 is 5.73 Å². The van der Waals surface area contributed by atoms with Gasteiger partial charge >= 0.3 is 0 Å². The van der Waals surface area contributed by atoms with Gasteiger partial charge in [0, 0.05) is 5.41 Å². The van der Waals surface area contributed by atoms with Crippen molar-refractivity contribution in [3.63, 3.8) is 0 Å². The fourth-order valence-corrected chi connectivity index (χ4v) is 3.04. The fourth-order valence-electron chi connectivity index (χ4n) is 1.85. The number of hydrogen-bond donors (Lipinski definition) is 1. The molecule has 0 bridgehead atoms. The largest absolute Gasteiger partial charge is 0.330 e. The highest BCUT2D eigenvalue weighted by molar-refractivity contribution is 7.94. The summed E-state index contributed by atoms with van der Waals surface area (Å²) in [5, 5.41) is 1.27. The smallest absolute Gasteiger partial charge is 0.200 e. The number of fused-ring (bicyclic) bond motifs is 1. The molecular formula is C12H15NO2S. The van der Waals surface area contributed by atoms with Crippen LogP contribution in [-0.2, 0) is 16.3 Å². The highest BCUT2D eigenvalue weighted by atomic mass is 32.2. The van der Waals surface area contributed by atoms with Gasteiger partial charge in [0.1, 0.15) is 0 Å². The zero-order valence-corrected chi connectivity index (χ0v) is 9.83. The first-order valence-corrected chi connectivity index (χ1v) is 6.94. The van der Waals surface area contributed by atoms with E-state index in [4.69, 9.17) is 5.73 Å². The Kier molecular flexibility index (Phi) is 3.12. The maximum atomic E-state index is 11.5. The quantitative estimate of drug-likeness (QED) is 0.811. The van der Waals surface area contributed by atoms with Gasteiger partial charge in [-0.05, 0) is 49.1 Å². The highest BCUT2D eigenvalue weighted by Crippen LogP contribution is 2.27. The van der Waals surface area contributed by atoms with Gasteiger partial charge in [0.2, 0.25) is 0 Å². The van der Waals surface area contributed by atoms with Crippen molar-refractivity contribution >= 4 is 15.9 Å². The van der Waals surface area contributed by atoms with Crippen molar-refractivity contribution in [2.75, 3.05) is 6.54 Å². The molecule has 2 rings (SSSR count). The molecule has 1 aliphatic heterocycles. The Hall–Kier alpha value is -1.13. The SMILES string of the molecule is NCCCCc1ccc2c(c1)C=CS2(=O)=O. The Morgan fingerprint density at radius 1 is 1.19 bits per heavy atom. The predicted octanol–water partition coefficient (Wildman–Crippen LogP) is 1.73. The lowest BCUT2D eigenvalue weighted by molar-refractivity contribution is 0.605. The number of unbranched alkanes of at least 4 members (excludes halogenated alkanes) is 1. The summed E-state index contributed by atoms with van der Waals surface area (Å²) in [6, 6.07) is 5.54. The summed E-state index contributed by atoms with van der Waals surface area (Å²) < 4.78 is 23.0. The molecule has 0 aliphatic carbocycles. The van der Waals surface area contributed by atoms with Crippen molar-refractivity contribution < 1.29 is 8.42 Å². The number of benzene rings is 1. The lowest BCUT2D eigenvalue weighted by Crippen LogP contribution is -1.99. The maximum absolute atomic E-state index is 11.5. The zero-order chi connectivity index (χ0) is 11.6. The van der Waals surface area contributed by atoms with Crippen LogP contribution in [0.3, 0.4) is 0 Å². The molecule has 0 saturated carbocycles. The van der Waals surface area contributed by atoms with Gasteiger partial charge in [0.05, 0.1) is 4.90 Å². The van der Waals surface area contributed by atoms with Gasteiger partial charge in [-0.1, -0.05) is 12.1 Å². The van der Waals surface area contributed by atoms with Crippen molar-refractivity contribution in [1.29, 1.82) is 0 Å². The average Bonchev–Trinajstić information content (AvgIpc) is 2.55. The Balaban J connectivity index is 2.19. The summed E-state index contributed by atoms with van der Waals surface area (Å²) in [5.74, 6) is 0. The van der Waals surface area contributed by atoms with Crippen LogP contribution in [0.1, 0.15) is 24.0 Å². The number of aryl methyl sites for hydroxylation is 1. The molecule has 3 nitrogen and oxygen atoms in total. The monoisotopic (exact) mass is 237 g/mol. The lowest BCUT2D eigenvalue weighted by Gasteiger charge is -2.03. The average molecular weight is 237 g/mol. The van der Waals surface area contributed by atoms with Gasteiger partial charge in [-0.25, -0.2) is 8.42 Å². The van der Waals surface area contributed by atoms with E-state index in [0.717, 1.165) is 24.8 Å². The van der Waals surface area contributed by atoms with Crippen LogP contribution in [0.25, 0.3) is 6.08 Å². The Labute approximate surface area is 95.9 Å². The molecule has 0 amide bonds. The second-order valence-corrected chi connectivity index (χ2v) is 5.77. The third-order valence-corrected chi connectivity index (χ3v) is 4.21. The van der Waals surface area contributed by atoms with Crippen LogP contribution in [0.2, 0.25) is 0 Å². The summed E-state index contributed by atoms with van der Waals surface area (Å²) >= 11 is 0. The number of nitrogens with two attached hydrogens (primary N) is 1. The van der Waals surface area contributed by atoms with E-state index in [9.17, 15) is 8.42 Å². The zero-order valence-electron chi connectivity index (χ0n) is 9.02. The number of sulfone groups is 1. The standard InChI is InChI=1S/C12H15NO2S/c13-7-2-1-3-10-4-5-12-11(9-10)6-8-16(12,14)15/h4-6,8-9H,1-3,7,13H2. The Bertz CT molecular complexity index is 518. The fraction of sp³-hybridized carbons (Fsp3) is 0.333. The van der Waals surface area contributed by atoms with E-state index < -0.39 is 9.84 Å². The molecular weight excluding hydrogens is 222 g/mol. The van der Waals surface area contributed by atoms with Crippen molar-refractivity contribution in [3.05, 3.63) is 34.7 Å². The van der Waals surface area contributed by atoms with Crippen LogP contribution >= 0.6 is 0 Å². The van der Waals surface area contributed by atoms with E-state index in [1.54, 1.807) is 12.1 Å². The molecule has 0 fully saturated rings. The highest BCUT2D eigenvalue weighted by Gasteiger charge is 2.20. The molecule has 0 spiro atoms. The molecule has 1 aromatic carbocycles. The minimum Gasteiger partial charge on any atom is -0.330 e. The van der Waals surface area contributed by atoms with Crippen molar-refractivity contribution in [1.82, 2.24) is 0 Å². The molecule has 0 atom stereocenters. The summed E-state index contributed by atoms with van der Waals surface area (Å²) in [4.78, 5) is 0.426. The van der Waals surface area contributed by atoms with E-state index in [1.165, 1.54) is 11.0 Å². The van der Waals surface area contributed by atoms with E-state index >= 15 is 0 Å². The van der Waals surface area contributed by atoms with E-state index in [0.29, 0.717) is 11.4 Å². The second kappa shape index (κ2) is 4.39. The van der Waals surface area contributed by atoms with Crippen molar-refractivity contribution in [2.45, 2.75) is 24.2 Å². The van der Waals surface area contributed by atoms with Gasteiger partial charge in [-0.15, -0.1) is 0 Å². The molecule has 0 saturated heterocycles. The molecule has 1 heterocycles. The van der Waals surface area contributed by atoms with E-state index in [2.05, 4.69) is 0 Å². The molecule has 4 heteroatoms. The Morgan fingerprint density at radius 3 is 2.75 bits per heavy atom. The summed E-state index contributed by atoms with van der Waals surface area (Å²) in [5.41, 5.74) is 7.41. The molecule has 16 heavy (non-hydrogen) atoms. The maximum Gasteiger partial charge on any atom is 0.200 e. The Morgan fingerprint density at radius 2 is 2.00 bits per heavy atom. The topological polar surface area (TPSA) is 60.2 Å². The van der Waals surface area contributed by atoms with Crippen LogP contribution in [-0.4, -0.2) is 15.0 Å². The molecule has 86 valence electrons. The third kappa shape index (κ3) is 2.18. The van der Waals surface area contributed by atoms with Crippen molar-refractivity contribution in [2.24, 2.45) is 5.73 Å². The van der Waals surface area contributed by atoms with Crippen LogP contribution in [0.5, 0.6) is 0 Å². The first-order chi connectivity index (χ1) is 7.63. The number of rotatable bonds is 4. The van der Waals surface area contributed by atoms with E-state index in [1.807, 2.05) is 12.1 Å². The molecule has 1 aromatic rings. The molecule has 1 aliphatic rings. The lowest BCUT2D eigenvalue weighted by atomic mass is 10.1. The normalized spacial score (nSPS) is 16.3. The van der Waals surface area contributed by atoms with Crippen LogP contribution in [0.4, 0.5) is 0 Å². The van der Waals surface area contributed by atoms with Gasteiger partial charge in [0.15, 0.2) is 9.84 Å². The molecule has 0 aromatic heterocycles. The summed E-state index contributed by atoms with van der Waals surface area (Å²) in [7, 11) is -3.15. The van der Waals surface area contributed by atoms with Crippen molar-refractivity contribution in [3.8, 4) is 0 Å². The van der Waals surface area contributed by atoms with Crippen LogP contribution in [0.15, 0.2) is 28.5 Å². The van der Waals surface area contributed by atoms with Gasteiger partial charge in [-0.2, -0.15) is 0 Å².